The number of thioether (sulfide) groups is 1. The topological polar surface area (TPSA) is 52.0 Å². The predicted octanol–water partition coefficient (Wildman–Crippen LogP) is 2.27. The van der Waals surface area contributed by atoms with Crippen molar-refractivity contribution in [2.75, 3.05) is 18.1 Å². The van der Waals surface area contributed by atoms with E-state index < -0.39 is 0 Å². The van der Waals surface area contributed by atoms with Crippen LogP contribution in [0.5, 0.6) is 0 Å². The SMILES string of the molecule is Cc1nc(C2(C)CCSC2)oc1CCCN. The molecular weight excluding hydrogens is 220 g/mol. The first-order valence-electron chi connectivity index (χ1n) is 5.90. The molecule has 0 radical (unpaired) electrons. The van der Waals surface area contributed by atoms with E-state index in [1.807, 2.05) is 18.7 Å². The Morgan fingerprint density at radius 1 is 1.56 bits per heavy atom. The molecule has 2 heterocycles. The highest BCUT2D eigenvalue weighted by atomic mass is 32.2. The van der Waals surface area contributed by atoms with Crippen LogP contribution in [0.4, 0.5) is 0 Å². The van der Waals surface area contributed by atoms with Crippen LogP contribution in [-0.4, -0.2) is 23.0 Å². The number of nitrogens with two attached hydrogens (primary N) is 1. The third-order valence-corrected chi connectivity index (χ3v) is 4.57. The summed E-state index contributed by atoms with van der Waals surface area (Å²) in [7, 11) is 0. The zero-order chi connectivity index (χ0) is 11.6. The Morgan fingerprint density at radius 2 is 2.38 bits per heavy atom. The molecule has 4 heteroatoms. The molecule has 1 aromatic rings. The molecule has 0 aromatic carbocycles. The normalized spacial score (nSPS) is 25.2. The monoisotopic (exact) mass is 240 g/mol. The third kappa shape index (κ3) is 2.28. The lowest BCUT2D eigenvalue weighted by Crippen LogP contribution is -2.21. The smallest absolute Gasteiger partial charge is 0.201 e. The predicted molar refractivity (Wildman–Crippen MR) is 67.9 cm³/mol. The molecule has 1 unspecified atom stereocenters. The van der Waals surface area contributed by atoms with E-state index >= 15 is 0 Å². The number of hydrogen-bond acceptors (Lipinski definition) is 4. The molecular formula is C12H20N2OS. The molecule has 1 fully saturated rings. The summed E-state index contributed by atoms with van der Waals surface area (Å²) in [5, 5.41) is 0. The molecule has 0 spiro atoms. The van der Waals surface area contributed by atoms with Gasteiger partial charge in [-0.05, 0) is 32.1 Å². The molecule has 0 bridgehead atoms. The molecule has 90 valence electrons. The van der Waals surface area contributed by atoms with Crippen LogP contribution in [0.2, 0.25) is 0 Å². The number of oxazole rings is 1. The summed E-state index contributed by atoms with van der Waals surface area (Å²) in [6.45, 7) is 5.00. The van der Waals surface area contributed by atoms with Crippen LogP contribution in [0.3, 0.4) is 0 Å². The molecule has 1 aromatic heterocycles. The molecule has 1 aliphatic rings. The Labute approximate surface area is 101 Å². The molecule has 2 N–H and O–H groups in total. The van der Waals surface area contributed by atoms with Gasteiger partial charge in [0.25, 0.3) is 0 Å². The quantitative estimate of drug-likeness (QED) is 0.877. The maximum atomic E-state index is 5.92. The van der Waals surface area contributed by atoms with Gasteiger partial charge in [-0.1, -0.05) is 6.92 Å². The van der Waals surface area contributed by atoms with E-state index in [-0.39, 0.29) is 5.41 Å². The minimum atomic E-state index is 0.149. The summed E-state index contributed by atoms with van der Waals surface area (Å²) in [5.74, 6) is 4.31. The largest absolute Gasteiger partial charge is 0.445 e. The van der Waals surface area contributed by atoms with Gasteiger partial charge in [0.1, 0.15) is 5.76 Å². The van der Waals surface area contributed by atoms with E-state index in [1.54, 1.807) is 0 Å². The summed E-state index contributed by atoms with van der Waals surface area (Å²) in [6, 6.07) is 0. The van der Waals surface area contributed by atoms with Crippen LogP contribution in [0.15, 0.2) is 4.42 Å². The summed E-state index contributed by atoms with van der Waals surface area (Å²) in [4.78, 5) is 4.60. The summed E-state index contributed by atoms with van der Waals surface area (Å²) in [5.41, 5.74) is 6.71. The first-order chi connectivity index (χ1) is 7.65. The molecule has 16 heavy (non-hydrogen) atoms. The van der Waals surface area contributed by atoms with Gasteiger partial charge in [-0.15, -0.1) is 0 Å². The average Bonchev–Trinajstić information content (AvgIpc) is 2.84. The van der Waals surface area contributed by atoms with Crippen molar-refractivity contribution in [3.8, 4) is 0 Å². The first kappa shape index (κ1) is 12.0. The fourth-order valence-corrected chi connectivity index (χ4v) is 3.47. The lowest BCUT2D eigenvalue weighted by atomic mass is 9.90. The highest BCUT2D eigenvalue weighted by Gasteiger charge is 2.36. The molecule has 0 amide bonds. The van der Waals surface area contributed by atoms with Crippen molar-refractivity contribution in [3.05, 3.63) is 17.3 Å². The van der Waals surface area contributed by atoms with Gasteiger partial charge >= 0.3 is 0 Å². The Balaban J connectivity index is 2.16. The second kappa shape index (κ2) is 4.80. The standard InChI is InChI=1S/C12H20N2OS/c1-9-10(4-3-6-13)15-11(14-9)12(2)5-7-16-8-12/h3-8,13H2,1-2H3. The average molecular weight is 240 g/mol. The van der Waals surface area contributed by atoms with Crippen molar-refractivity contribution >= 4 is 11.8 Å². The van der Waals surface area contributed by atoms with E-state index in [1.165, 1.54) is 12.2 Å². The van der Waals surface area contributed by atoms with Crippen molar-refractivity contribution in [2.24, 2.45) is 5.73 Å². The highest BCUT2D eigenvalue weighted by Crippen LogP contribution is 2.38. The highest BCUT2D eigenvalue weighted by molar-refractivity contribution is 7.99. The van der Waals surface area contributed by atoms with E-state index in [4.69, 9.17) is 10.2 Å². The Hall–Kier alpha value is -0.480. The number of rotatable bonds is 4. The molecule has 1 atom stereocenters. The number of nitrogens with zero attached hydrogens (tertiary/aromatic N) is 1. The van der Waals surface area contributed by atoms with Gasteiger partial charge in [0.15, 0.2) is 0 Å². The second-order valence-electron chi connectivity index (χ2n) is 4.78. The summed E-state index contributed by atoms with van der Waals surface area (Å²) < 4.78 is 5.92. The van der Waals surface area contributed by atoms with Gasteiger partial charge in [-0.3, -0.25) is 0 Å². The zero-order valence-corrected chi connectivity index (χ0v) is 10.9. The van der Waals surface area contributed by atoms with Crippen molar-refractivity contribution in [3.63, 3.8) is 0 Å². The van der Waals surface area contributed by atoms with Crippen molar-refractivity contribution in [2.45, 2.75) is 38.5 Å². The van der Waals surface area contributed by atoms with Crippen LogP contribution in [-0.2, 0) is 11.8 Å². The van der Waals surface area contributed by atoms with Crippen molar-refractivity contribution in [1.82, 2.24) is 4.98 Å². The van der Waals surface area contributed by atoms with Gasteiger partial charge < -0.3 is 10.2 Å². The zero-order valence-electron chi connectivity index (χ0n) is 10.1. The maximum absolute atomic E-state index is 5.92. The fraction of sp³-hybridized carbons (Fsp3) is 0.750. The van der Waals surface area contributed by atoms with Crippen molar-refractivity contribution in [1.29, 1.82) is 0 Å². The number of hydrogen-bond donors (Lipinski definition) is 1. The Bertz CT molecular complexity index is 356. The van der Waals surface area contributed by atoms with E-state index in [2.05, 4.69) is 11.9 Å². The molecule has 0 saturated carbocycles. The Morgan fingerprint density at radius 3 is 3.00 bits per heavy atom. The van der Waals surface area contributed by atoms with Gasteiger partial charge in [0, 0.05) is 12.2 Å². The van der Waals surface area contributed by atoms with Gasteiger partial charge in [-0.2, -0.15) is 11.8 Å². The molecule has 1 aliphatic heterocycles. The summed E-state index contributed by atoms with van der Waals surface area (Å²) >= 11 is 1.99. The van der Waals surface area contributed by atoms with Gasteiger partial charge in [0.2, 0.25) is 5.89 Å². The minimum absolute atomic E-state index is 0.149. The molecule has 1 saturated heterocycles. The molecule has 3 nitrogen and oxygen atoms in total. The van der Waals surface area contributed by atoms with E-state index in [0.29, 0.717) is 6.54 Å². The van der Waals surface area contributed by atoms with Crippen LogP contribution in [0.25, 0.3) is 0 Å². The van der Waals surface area contributed by atoms with Crippen molar-refractivity contribution < 1.29 is 4.42 Å². The number of aryl methyl sites for hydroxylation is 2. The van der Waals surface area contributed by atoms with Crippen LogP contribution in [0.1, 0.15) is 37.1 Å². The van der Waals surface area contributed by atoms with Crippen LogP contribution in [0, 0.1) is 6.92 Å². The summed E-state index contributed by atoms with van der Waals surface area (Å²) in [6.07, 6.45) is 3.06. The lowest BCUT2D eigenvalue weighted by molar-refractivity contribution is 0.357. The first-order valence-corrected chi connectivity index (χ1v) is 7.06. The van der Waals surface area contributed by atoms with E-state index in [0.717, 1.165) is 35.9 Å². The maximum Gasteiger partial charge on any atom is 0.201 e. The number of aromatic nitrogens is 1. The van der Waals surface area contributed by atoms with Crippen LogP contribution >= 0.6 is 11.8 Å². The lowest BCUT2D eigenvalue weighted by Gasteiger charge is -2.17. The molecule has 0 aliphatic carbocycles. The second-order valence-corrected chi connectivity index (χ2v) is 5.89. The fourth-order valence-electron chi connectivity index (χ4n) is 2.02. The third-order valence-electron chi connectivity index (χ3n) is 3.24. The van der Waals surface area contributed by atoms with Gasteiger partial charge in [-0.25, -0.2) is 4.98 Å². The minimum Gasteiger partial charge on any atom is -0.445 e. The van der Waals surface area contributed by atoms with E-state index in [9.17, 15) is 0 Å². The van der Waals surface area contributed by atoms with Gasteiger partial charge in [0.05, 0.1) is 11.1 Å². The molecule has 2 rings (SSSR count). The van der Waals surface area contributed by atoms with Crippen LogP contribution < -0.4 is 5.73 Å². The Kier molecular flexibility index (Phi) is 3.60.